The fourth-order valence-corrected chi connectivity index (χ4v) is 1.20. The van der Waals surface area contributed by atoms with Crippen LogP contribution in [-0.4, -0.2) is 0 Å². The first-order valence-electron chi connectivity index (χ1n) is 4.14. The van der Waals surface area contributed by atoms with E-state index in [0.29, 0.717) is 0 Å². The fraction of sp³-hybridized carbons (Fsp3) is 0.400. The van der Waals surface area contributed by atoms with Gasteiger partial charge in [-0.05, 0) is 36.1 Å². The van der Waals surface area contributed by atoms with Crippen molar-refractivity contribution in [2.75, 3.05) is 5.73 Å². The van der Waals surface area contributed by atoms with Gasteiger partial charge in [0.2, 0.25) is 0 Å². The quantitative estimate of drug-likeness (QED) is 0.642. The van der Waals surface area contributed by atoms with Crippen molar-refractivity contribution in [1.29, 1.82) is 0 Å². The summed E-state index contributed by atoms with van der Waals surface area (Å²) >= 11 is 0. The van der Waals surface area contributed by atoms with Crippen molar-refractivity contribution >= 4 is 5.69 Å². The molecule has 0 saturated carbocycles. The van der Waals surface area contributed by atoms with Gasteiger partial charge in [0, 0.05) is 5.69 Å². The molecule has 1 nitrogen and oxygen atoms in total. The minimum atomic E-state index is 0.890. The Morgan fingerprint density at radius 1 is 1.00 bits per heavy atom. The highest BCUT2D eigenvalue weighted by Crippen LogP contribution is 2.12. The monoisotopic (exact) mass is 149 g/mol. The molecule has 1 rings (SSSR count). The number of rotatable bonds is 2. The van der Waals surface area contributed by atoms with Crippen LogP contribution in [0.1, 0.15) is 25.0 Å². The summed E-state index contributed by atoms with van der Waals surface area (Å²) < 4.78 is 0. The van der Waals surface area contributed by atoms with Gasteiger partial charge in [-0.15, -0.1) is 0 Å². The van der Waals surface area contributed by atoms with Gasteiger partial charge in [0.05, 0.1) is 0 Å². The average Bonchev–Trinajstić information content (AvgIpc) is 2.03. The van der Waals surface area contributed by atoms with Crippen LogP contribution >= 0.6 is 0 Å². The van der Waals surface area contributed by atoms with E-state index in [1.807, 2.05) is 12.1 Å². The summed E-state index contributed by atoms with van der Waals surface area (Å²) in [6.45, 7) is 4.29. The summed E-state index contributed by atoms with van der Waals surface area (Å²) in [4.78, 5) is 0. The molecule has 0 unspecified atom stereocenters. The van der Waals surface area contributed by atoms with Crippen LogP contribution in [0.3, 0.4) is 0 Å². The van der Waals surface area contributed by atoms with E-state index >= 15 is 0 Å². The van der Waals surface area contributed by atoms with Gasteiger partial charge in [-0.25, -0.2) is 0 Å². The van der Waals surface area contributed by atoms with E-state index in [1.54, 1.807) is 0 Å². The van der Waals surface area contributed by atoms with Gasteiger partial charge in [0.1, 0.15) is 0 Å². The second-order valence-electron chi connectivity index (χ2n) is 2.79. The van der Waals surface area contributed by atoms with Gasteiger partial charge < -0.3 is 5.73 Å². The van der Waals surface area contributed by atoms with Crippen LogP contribution in [0.5, 0.6) is 0 Å². The summed E-state index contributed by atoms with van der Waals surface area (Å²) in [6, 6.07) is 6.30. The maximum atomic E-state index is 5.71. The molecule has 0 fully saturated rings. The first-order chi connectivity index (χ1) is 5.26. The van der Waals surface area contributed by atoms with Gasteiger partial charge in [0.25, 0.3) is 0 Å². The molecule has 0 spiro atoms. The zero-order valence-electron chi connectivity index (χ0n) is 7.22. The van der Waals surface area contributed by atoms with Gasteiger partial charge >= 0.3 is 0 Å². The van der Waals surface area contributed by atoms with Gasteiger partial charge in [-0.3, -0.25) is 0 Å². The van der Waals surface area contributed by atoms with Crippen molar-refractivity contribution in [3.63, 3.8) is 0 Å². The maximum absolute atomic E-state index is 5.71. The van der Waals surface area contributed by atoms with Crippen LogP contribution in [0.4, 0.5) is 5.69 Å². The van der Waals surface area contributed by atoms with Crippen LogP contribution < -0.4 is 5.73 Å². The Morgan fingerprint density at radius 3 is 1.82 bits per heavy atom. The predicted octanol–water partition coefficient (Wildman–Crippen LogP) is 2.39. The van der Waals surface area contributed by atoms with Gasteiger partial charge in [-0.1, -0.05) is 19.9 Å². The zero-order chi connectivity index (χ0) is 8.27. The molecule has 2 N–H and O–H groups in total. The summed E-state index contributed by atoms with van der Waals surface area (Å²) in [5.41, 5.74) is 9.27. The molecule has 0 atom stereocenters. The molecule has 11 heavy (non-hydrogen) atoms. The lowest BCUT2D eigenvalue weighted by Crippen LogP contribution is -1.91. The van der Waals surface area contributed by atoms with Crippen LogP contribution in [0.25, 0.3) is 0 Å². The van der Waals surface area contributed by atoms with Crippen LogP contribution in [0.2, 0.25) is 0 Å². The van der Waals surface area contributed by atoms with Gasteiger partial charge in [0.15, 0.2) is 0 Å². The molecule has 0 aliphatic rings. The molecule has 0 saturated heterocycles. The Balaban J connectivity index is 3.02. The number of anilines is 1. The molecule has 1 aromatic rings. The lowest BCUT2D eigenvalue weighted by Gasteiger charge is -2.02. The number of hydrogen-bond donors (Lipinski definition) is 1. The van der Waals surface area contributed by atoms with Crippen LogP contribution in [-0.2, 0) is 12.8 Å². The predicted molar refractivity (Wildman–Crippen MR) is 49.6 cm³/mol. The van der Waals surface area contributed by atoms with Crippen LogP contribution in [0, 0.1) is 0 Å². The Kier molecular flexibility index (Phi) is 2.53. The van der Waals surface area contributed by atoms with E-state index in [-0.39, 0.29) is 0 Å². The first kappa shape index (κ1) is 8.12. The van der Waals surface area contributed by atoms with Crippen molar-refractivity contribution in [2.24, 2.45) is 0 Å². The molecule has 0 aromatic heterocycles. The largest absolute Gasteiger partial charge is 0.399 e. The number of benzene rings is 1. The molecule has 0 aliphatic heterocycles. The standard InChI is InChI=1S/C10H15N/c1-3-8-5-9(4-2)7-10(11)6-8/h5-7H,3-4,11H2,1-2H3. The average molecular weight is 149 g/mol. The third-order valence-electron chi connectivity index (χ3n) is 1.89. The molecular formula is C10H15N. The lowest BCUT2D eigenvalue weighted by atomic mass is 10.1. The fourth-order valence-electron chi connectivity index (χ4n) is 1.20. The summed E-state index contributed by atoms with van der Waals surface area (Å²) in [5.74, 6) is 0. The van der Waals surface area contributed by atoms with Crippen molar-refractivity contribution in [2.45, 2.75) is 26.7 Å². The highest BCUT2D eigenvalue weighted by molar-refractivity contribution is 5.44. The zero-order valence-corrected chi connectivity index (χ0v) is 7.22. The first-order valence-corrected chi connectivity index (χ1v) is 4.14. The highest BCUT2D eigenvalue weighted by Gasteiger charge is 1.94. The Labute approximate surface area is 68.2 Å². The van der Waals surface area contributed by atoms with E-state index in [2.05, 4.69) is 19.9 Å². The molecule has 0 aliphatic carbocycles. The summed E-state index contributed by atoms with van der Waals surface area (Å²) in [7, 11) is 0. The second-order valence-corrected chi connectivity index (χ2v) is 2.79. The van der Waals surface area contributed by atoms with E-state index in [1.165, 1.54) is 11.1 Å². The molecule has 60 valence electrons. The Bertz CT molecular complexity index is 218. The Hall–Kier alpha value is -0.980. The molecule has 0 radical (unpaired) electrons. The van der Waals surface area contributed by atoms with Crippen molar-refractivity contribution in [3.8, 4) is 0 Å². The van der Waals surface area contributed by atoms with E-state index in [4.69, 9.17) is 5.73 Å². The van der Waals surface area contributed by atoms with Gasteiger partial charge in [-0.2, -0.15) is 0 Å². The van der Waals surface area contributed by atoms with E-state index in [9.17, 15) is 0 Å². The normalized spacial score (nSPS) is 10.0. The maximum Gasteiger partial charge on any atom is 0.0319 e. The number of aryl methyl sites for hydroxylation is 2. The van der Waals surface area contributed by atoms with Crippen molar-refractivity contribution < 1.29 is 0 Å². The molecule has 1 heteroatoms. The minimum Gasteiger partial charge on any atom is -0.399 e. The van der Waals surface area contributed by atoms with E-state index in [0.717, 1.165) is 18.5 Å². The van der Waals surface area contributed by atoms with Crippen LogP contribution in [0.15, 0.2) is 18.2 Å². The molecule has 0 amide bonds. The molecule has 0 bridgehead atoms. The SMILES string of the molecule is CCc1cc(N)cc(CC)c1. The smallest absolute Gasteiger partial charge is 0.0319 e. The summed E-state index contributed by atoms with van der Waals surface area (Å²) in [6.07, 6.45) is 2.13. The van der Waals surface area contributed by atoms with Crippen molar-refractivity contribution in [3.05, 3.63) is 29.3 Å². The molecule has 1 aromatic carbocycles. The Morgan fingerprint density at radius 2 is 1.45 bits per heavy atom. The highest BCUT2D eigenvalue weighted by atomic mass is 14.5. The molecule has 0 heterocycles. The number of hydrogen-bond acceptors (Lipinski definition) is 1. The number of nitrogens with two attached hydrogens (primary N) is 1. The van der Waals surface area contributed by atoms with Crippen molar-refractivity contribution in [1.82, 2.24) is 0 Å². The lowest BCUT2D eigenvalue weighted by molar-refractivity contribution is 1.09. The minimum absolute atomic E-state index is 0.890. The number of nitrogen functional groups attached to an aromatic ring is 1. The summed E-state index contributed by atoms with van der Waals surface area (Å²) in [5, 5.41) is 0. The topological polar surface area (TPSA) is 26.0 Å². The third kappa shape index (κ3) is 1.97. The van der Waals surface area contributed by atoms with E-state index < -0.39 is 0 Å². The molecular weight excluding hydrogens is 134 g/mol. The third-order valence-corrected chi connectivity index (χ3v) is 1.89. The second kappa shape index (κ2) is 3.42.